The lowest BCUT2D eigenvalue weighted by Gasteiger charge is -2.35. The summed E-state index contributed by atoms with van der Waals surface area (Å²) in [6, 6.07) is 9.99. The Labute approximate surface area is 116 Å². The predicted molar refractivity (Wildman–Crippen MR) is 72.8 cm³/mol. The lowest BCUT2D eigenvalue weighted by atomic mass is 10.2. The fourth-order valence-corrected chi connectivity index (χ4v) is 1.55. The number of carboxylic acid groups (broad SMARTS) is 2. The van der Waals surface area contributed by atoms with Gasteiger partial charge in [-0.25, -0.2) is 9.59 Å². The fourth-order valence-electron chi connectivity index (χ4n) is 1.55. The van der Waals surface area contributed by atoms with Crippen LogP contribution >= 0.6 is 0 Å². The summed E-state index contributed by atoms with van der Waals surface area (Å²) in [6.07, 6.45) is 1.52. The Bertz CT molecular complexity index is 450. The summed E-state index contributed by atoms with van der Waals surface area (Å²) in [4.78, 5) is 21.4. The van der Waals surface area contributed by atoms with Crippen LogP contribution in [0.4, 0.5) is 0 Å². The summed E-state index contributed by atoms with van der Waals surface area (Å²) >= 11 is 0. The van der Waals surface area contributed by atoms with Crippen molar-refractivity contribution in [2.45, 2.75) is 6.10 Å². The van der Waals surface area contributed by atoms with E-state index in [2.05, 4.69) is 11.9 Å². The SMILES string of the molecule is CN1CC(Oc2ccccc2)C1.O=C(O)/C=C\C(=O)O. The molecule has 0 atom stereocenters. The van der Waals surface area contributed by atoms with Crippen LogP contribution in [0, 0.1) is 0 Å². The zero-order chi connectivity index (χ0) is 15.0. The molecule has 20 heavy (non-hydrogen) atoms. The molecule has 0 bridgehead atoms. The highest BCUT2D eigenvalue weighted by molar-refractivity contribution is 5.89. The topological polar surface area (TPSA) is 87.1 Å². The summed E-state index contributed by atoms with van der Waals surface area (Å²) in [5, 5.41) is 15.6. The minimum atomic E-state index is -1.26. The summed E-state index contributed by atoms with van der Waals surface area (Å²) in [6.45, 7) is 2.10. The molecule has 108 valence electrons. The molecule has 0 saturated carbocycles. The second kappa shape index (κ2) is 7.96. The van der Waals surface area contributed by atoms with Crippen LogP contribution in [0.3, 0.4) is 0 Å². The van der Waals surface area contributed by atoms with Crippen LogP contribution in [0.2, 0.25) is 0 Å². The molecule has 1 saturated heterocycles. The van der Waals surface area contributed by atoms with Gasteiger partial charge >= 0.3 is 11.9 Å². The highest BCUT2D eigenvalue weighted by atomic mass is 16.5. The molecule has 0 spiro atoms. The first-order valence-corrected chi connectivity index (χ1v) is 6.01. The number of nitrogens with zero attached hydrogens (tertiary/aromatic N) is 1. The Morgan fingerprint density at radius 1 is 1.15 bits per heavy atom. The monoisotopic (exact) mass is 279 g/mol. The average Bonchev–Trinajstić information content (AvgIpc) is 2.37. The first kappa shape index (κ1) is 15.7. The third-order valence-corrected chi connectivity index (χ3v) is 2.45. The number of aliphatic carboxylic acids is 2. The van der Waals surface area contributed by atoms with E-state index in [1.165, 1.54) is 0 Å². The number of carboxylic acids is 2. The molecule has 1 aliphatic heterocycles. The summed E-state index contributed by atoms with van der Waals surface area (Å²) in [5.74, 6) is -1.53. The highest BCUT2D eigenvalue weighted by Crippen LogP contribution is 2.15. The van der Waals surface area contributed by atoms with Crippen LogP contribution in [0.1, 0.15) is 0 Å². The van der Waals surface area contributed by atoms with Crippen molar-refractivity contribution in [2.24, 2.45) is 0 Å². The van der Waals surface area contributed by atoms with Gasteiger partial charge in [-0.15, -0.1) is 0 Å². The van der Waals surface area contributed by atoms with Gasteiger partial charge in [0.25, 0.3) is 0 Å². The van der Waals surface area contributed by atoms with Crippen molar-refractivity contribution in [1.29, 1.82) is 0 Å². The van der Waals surface area contributed by atoms with E-state index in [4.69, 9.17) is 14.9 Å². The van der Waals surface area contributed by atoms with Gasteiger partial charge in [0.05, 0.1) is 0 Å². The van der Waals surface area contributed by atoms with Crippen molar-refractivity contribution in [3.05, 3.63) is 42.5 Å². The van der Waals surface area contributed by atoms with E-state index in [-0.39, 0.29) is 0 Å². The Balaban J connectivity index is 0.000000221. The maximum Gasteiger partial charge on any atom is 0.328 e. The minimum absolute atomic E-state index is 0.400. The standard InChI is InChI=1S/C10H13NO.C4H4O4/c1-11-7-10(8-11)12-9-5-3-2-4-6-9;5-3(6)1-2-4(7)8/h2-6,10H,7-8H2,1H3;1-2H,(H,5,6)(H,7,8)/b;2-1-. The normalized spacial score (nSPS) is 15.1. The number of para-hydroxylation sites is 1. The van der Waals surface area contributed by atoms with Crippen LogP contribution in [-0.2, 0) is 9.59 Å². The second-order valence-corrected chi connectivity index (χ2v) is 4.28. The van der Waals surface area contributed by atoms with E-state index >= 15 is 0 Å². The largest absolute Gasteiger partial charge is 0.488 e. The summed E-state index contributed by atoms with van der Waals surface area (Å²) < 4.78 is 5.68. The smallest absolute Gasteiger partial charge is 0.328 e. The van der Waals surface area contributed by atoms with Crippen LogP contribution in [0.25, 0.3) is 0 Å². The molecule has 2 N–H and O–H groups in total. The van der Waals surface area contributed by atoms with Gasteiger partial charge in [-0.1, -0.05) is 18.2 Å². The van der Waals surface area contributed by atoms with Gasteiger partial charge < -0.3 is 14.9 Å². The molecule has 0 aromatic heterocycles. The summed E-state index contributed by atoms with van der Waals surface area (Å²) in [7, 11) is 2.10. The maximum atomic E-state index is 9.55. The van der Waals surface area contributed by atoms with Gasteiger partial charge in [-0.2, -0.15) is 0 Å². The summed E-state index contributed by atoms with van der Waals surface area (Å²) in [5.41, 5.74) is 0. The average molecular weight is 279 g/mol. The molecule has 0 unspecified atom stereocenters. The van der Waals surface area contributed by atoms with Gasteiger partial charge in [0, 0.05) is 25.2 Å². The van der Waals surface area contributed by atoms with Crippen molar-refractivity contribution in [3.8, 4) is 5.75 Å². The molecular weight excluding hydrogens is 262 g/mol. The molecule has 1 heterocycles. The van der Waals surface area contributed by atoms with E-state index in [1.54, 1.807) is 0 Å². The molecule has 1 aliphatic rings. The Kier molecular flexibility index (Phi) is 6.25. The molecule has 6 nitrogen and oxygen atoms in total. The van der Waals surface area contributed by atoms with E-state index in [0.717, 1.165) is 18.8 Å². The van der Waals surface area contributed by atoms with Crippen molar-refractivity contribution in [1.82, 2.24) is 4.90 Å². The number of benzene rings is 1. The van der Waals surface area contributed by atoms with Crippen LogP contribution in [0.5, 0.6) is 5.75 Å². The zero-order valence-corrected chi connectivity index (χ0v) is 11.1. The lowest BCUT2D eigenvalue weighted by molar-refractivity contribution is -0.134. The number of hydrogen-bond donors (Lipinski definition) is 2. The van der Waals surface area contributed by atoms with Gasteiger partial charge in [0.1, 0.15) is 11.9 Å². The molecule has 0 radical (unpaired) electrons. The maximum absolute atomic E-state index is 9.55. The number of likely N-dealkylation sites (N-methyl/N-ethyl adjacent to an activating group) is 1. The first-order valence-electron chi connectivity index (χ1n) is 6.01. The third-order valence-electron chi connectivity index (χ3n) is 2.45. The number of hydrogen-bond acceptors (Lipinski definition) is 4. The van der Waals surface area contributed by atoms with E-state index < -0.39 is 11.9 Å². The second-order valence-electron chi connectivity index (χ2n) is 4.28. The molecular formula is C14H17NO5. The Morgan fingerprint density at radius 2 is 1.65 bits per heavy atom. The number of ether oxygens (including phenoxy) is 1. The fraction of sp³-hybridized carbons (Fsp3) is 0.286. The molecule has 1 aromatic carbocycles. The van der Waals surface area contributed by atoms with Crippen molar-refractivity contribution in [2.75, 3.05) is 20.1 Å². The minimum Gasteiger partial charge on any atom is -0.488 e. The van der Waals surface area contributed by atoms with E-state index in [9.17, 15) is 9.59 Å². The number of carbonyl (C=O) groups is 2. The highest BCUT2D eigenvalue weighted by Gasteiger charge is 2.24. The third kappa shape index (κ3) is 6.55. The van der Waals surface area contributed by atoms with Crippen molar-refractivity contribution < 1.29 is 24.5 Å². The molecule has 1 aromatic rings. The van der Waals surface area contributed by atoms with Crippen LogP contribution in [0.15, 0.2) is 42.5 Å². The van der Waals surface area contributed by atoms with Crippen molar-refractivity contribution in [3.63, 3.8) is 0 Å². The molecule has 6 heteroatoms. The Hall–Kier alpha value is -2.34. The van der Waals surface area contributed by atoms with E-state index in [1.807, 2.05) is 30.3 Å². The number of likely N-dealkylation sites (tertiary alicyclic amines) is 1. The molecule has 1 fully saturated rings. The van der Waals surface area contributed by atoms with Gasteiger partial charge in [0.15, 0.2) is 0 Å². The lowest BCUT2D eigenvalue weighted by Crippen LogP contribution is -2.51. The quantitative estimate of drug-likeness (QED) is 0.802. The van der Waals surface area contributed by atoms with Crippen LogP contribution < -0.4 is 4.74 Å². The molecule has 0 amide bonds. The zero-order valence-electron chi connectivity index (χ0n) is 11.1. The Morgan fingerprint density at radius 3 is 2.05 bits per heavy atom. The van der Waals surface area contributed by atoms with Gasteiger partial charge in [-0.3, -0.25) is 4.90 Å². The first-order chi connectivity index (χ1) is 9.47. The van der Waals surface area contributed by atoms with Crippen molar-refractivity contribution >= 4 is 11.9 Å². The van der Waals surface area contributed by atoms with Gasteiger partial charge in [0.2, 0.25) is 0 Å². The van der Waals surface area contributed by atoms with E-state index in [0.29, 0.717) is 18.3 Å². The predicted octanol–water partition coefficient (Wildman–Crippen LogP) is 1.09. The molecule has 2 rings (SSSR count). The van der Waals surface area contributed by atoms with Crippen LogP contribution in [-0.4, -0.2) is 53.3 Å². The van der Waals surface area contributed by atoms with Gasteiger partial charge in [-0.05, 0) is 19.2 Å². The number of rotatable bonds is 4. The molecule has 0 aliphatic carbocycles.